The van der Waals surface area contributed by atoms with Crippen LogP contribution in [0.5, 0.6) is 0 Å². The van der Waals surface area contributed by atoms with Gasteiger partial charge >= 0.3 is 0 Å². The van der Waals surface area contributed by atoms with Gasteiger partial charge in [-0.05, 0) is 37.7 Å². The molecular weight excluding hydrogens is 234 g/mol. The Hall–Kier alpha value is -1.23. The summed E-state index contributed by atoms with van der Waals surface area (Å²) in [6.07, 6.45) is 6.96. The zero-order valence-corrected chi connectivity index (χ0v) is 10.7. The molecule has 3 N–H and O–H groups in total. The van der Waals surface area contributed by atoms with Crippen LogP contribution >= 0.6 is 11.8 Å². The fourth-order valence-corrected chi connectivity index (χ4v) is 2.89. The Morgan fingerprint density at radius 2 is 2.35 bits per heavy atom. The molecule has 0 bridgehead atoms. The van der Waals surface area contributed by atoms with Gasteiger partial charge in [0.25, 0.3) is 5.91 Å². The molecule has 1 heterocycles. The molecule has 17 heavy (non-hydrogen) atoms. The second-order valence-electron chi connectivity index (χ2n) is 4.31. The first-order valence-electron chi connectivity index (χ1n) is 5.74. The number of hydrogen-bond donors (Lipinski definition) is 2. The summed E-state index contributed by atoms with van der Waals surface area (Å²) in [6, 6.07) is 3.66. The number of rotatable bonds is 3. The molecule has 0 aromatic carbocycles. The van der Waals surface area contributed by atoms with Gasteiger partial charge in [-0.2, -0.15) is 11.8 Å². The Kier molecular flexibility index (Phi) is 3.89. The van der Waals surface area contributed by atoms with Crippen molar-refractivity contribution >= 4 is 23.5 Å². The molecule has 92 valence electrons. The monoisotopic (exact) mass is 251 g/mol. The summed E-state index contributed by atoms with van der Waals surface area (Å²) in [5.74, 6) is 0.383. The van der Waals surface area contributed by atoms with Crippen LogP contribution in [0.3, 0.4) is 0 Å². The summed E-state index contributed by atoms with van der Waals surface area (Å²) in [6.45, 7) is 0. The van der Waals surface area contributed by atoms with Gasteiger partial charge in [0, 0.05) is 17.5 Å². The number of anilines is 1. The van der Waals surface area contributed by atoms with Gasteiger partial charge < -0.3 is 11.1 Å². The van der Waals surface area contributed by atoms with Crippen molar-refractivity contribution in [2.45, 2.75) is 30.6 Å². The molecule has 2 unspecified atom stereocenters. The Morgan fingerprint density at radius 1 is 1.53 bits per heavy atom. The second-order valence-corrected chi connectivity index (χ2v) is 5.45. The molecule has 5 heteroatoms. The van der Waals surface area contributed by atoms with Crippen molar-refractivity contribution < 1.29 is 4.79 Å². The third-order valence-electron chi connectivity index (χ3n) is 3.10. The number of aromatic nitrogens is 1. The highest BCUT2D eigenvalue weighted by atomic mass is 32.2. The van der Waals surface area contributed by atoms with Crippen LogP contribution in [-0.2, 0) is 0 Å². The molecule has 2 rings (SSSR count). The maximum atomic E-state index is 11.9. The summed E-state index contributed by atoms with van der Waals surface area (Å²) in [5.41, 5.74) is 6.06. The minimum absolute atomic E-state index is 0.0516. The van der Waals surface area contributed by atoms with Crippen molar-refractivity contribution in [2.75, 3.05) is 12.0 Å². The zero-order chi connectivity index (χ0) is 12.3. The van der Waals surface area contributed by atoms with Gasteiger partial charge in [-0.25, -0.2) is 4.98 Å². The smallest absolute Gasteiger partial charge is 0.253 e. The fourth-order valence-electron chi connectivity index (χ4n) is 2.09. The number of amides is 1. The van der Waals surface area contributed by atoms with Crippen molar-refractivity contribution in [3.05, 3.63) is 23.9 Å². The molecule has 1 fully saturated rings. The van der Waals surface area contributed by atoms with Crippen LogP contribution in [0.15, 0.2) is 18.3 Å². The van der Waals surface area contributed by atoms with Crippen LogP contribution in [0, 0.1) is 0 Å². The Bertz CT molecular complexity index is 393. The molecule has 0 spiro atoms. The van der Waals surface area contributed by atoms with Gasteiger partial charge in [-0.15, -0.1) is 0 Å². The lowest BCUT2D eigenvalue weighted by atomic mass is 10.2. The lowest BCUT2D eigenvalue weighted by Crippen LogP contribution is -2.33. The average Bonchev–Trinajstić information content (AvgIpc) is 2.77. The predicted octanol–water partition coefficient (Wildman–Crippen LogP) is 1.68. The third kappa shape index (κ3) is 3.12. The Balaban J connectivity index is 1.91. The summed E-state index contributed by atoms with van der Waals surface area (Å²) in [5, 5.41) is 3.73. The van der Waals surface area contributed by atoms with Gasteiger partial charge in [0.15, 0.2) is 0 Å². The van der Waals surface area contributed by atoms with Crippen LogP contribution in [0.1, 0.15) is 29.6 Å². The van der Waals surface area contributed by atoms with Crippen molar-refractivity contribution in [3.63, 3.8) is 0 Å². The number of nitrogens with one attached hydrogen (secondary N) is 1. The highest BCUT2D eigenvalue weighted by Crippen LogP contribution is 2.28. The van der Waals surface area contributed by atoms with Crippen LogP contribution in [-0.4, -0.2) is 28.4 Å². The highest BCUT2D eigenvalue weighted by Gasteiger charge is 2.25. The molecule has 1 aromatic rings. The number of nitrogen functional groups attached to an aromatic ring is 1. The first-order chi connectivity index (χ1) is 8.19. The number of thioether (sulfide) groups is 1. The van der Waals surface area contributed by atoms with E-state index in [9.17, 15) is 4.79 Å². The van der Waals surface area contributed by atoms with E-state index >= 15 is 0 Å². The first kappa shape index (κ1) is 12.2. The van der Waals surface area contributed by atoms with Crippen molar-refractivity contribution in [3.8, 4) is 0 Å². The van der Waals surface area contributed by atoms with Gasteiger partial charge in [0.1, 0.15) is 5.82 Å². The number of nitrogens with two attached hydrogens (primary N) is 1. The lowest BCUT2D eigenvalue weighted by molar-refractivity contribution is 0.0937. The van der Waals surface area contributed by atoms with Crippen molar-refractivity contribution in [1.82, 2.24) is 10.3 Å². The van der Waals surface area contributed by atoms with E-state index in [0.29, 0.717) is 22.7 Å². The predicted molar refractivity (Wildman–Crippen MR) is 71.1 cm³/mol. The number of carbonyl (C=O) groups excluding carboxylic acids is 1. The van der Waals surface area contributed by atoms with Crippen LogP contribution in [0.25, 0.3) is 0 Å². The van der Waals surface area contributed by atoms with Gasteiger partial charge in [0.05, 0.1) is 5.56 Å². The molecule has 1 aliphatic carbocycles. The van der Waals surface area contributed by atoms with E-state index in [1.807, 2.05) is 11.8 Å². The maximum absolute atomic E-state index is 11.9. The van der Waals surface area contributed by atoms with E-state index in [0.717, 1.165) is 12.8 Å². The molecule has 1 aliphatic rings. The van der Waals surface area contributed by atoms with E-state index < -0.39 is 0 Å². The normalized spacial score (nSPS) is 23.6. The maximum Gasteiger partial charge on any atom is 0.253 e. The summed E-state index contributed by atoms with van der Waals surface area (Å²) in [7, 11) is 0. The number of carbonyl (C=O) groups is 1. The lowest BCUT2D eigenvalue weighted by Gasteiger charge is -2.12. The Labute approximate surface area is 105 Å². The third-order valence-corrected chi connectivity index (χ3v) is 4.20. The largest absolute Gasteiger partial charge is 0.384 e. The van der Waals surface area contributed by atoms with E-state index in [1.54, 1.807) is 12.1 Å². The minimum Gasteiger partial charge on any atom is -0.384 e. The molecule has 1 saturated carbocycles. The van der Waals surface area contributed by atoms with Crippen molar-refractivity contribution in [2.24, 2.45) is 0 Å². The molecule has 1 aromatic heterocycles. The second kappa shape index (κ2) is 5.40. The molecular formula is C12H17N3OS. The molecule has 0 saturated heterocycles. The van der Waals surface area contributed by atoms with E-state index in [-0.39, 0.29) is 5.91 Å². The van der Waals surface area contributed by atoms with Gasteiger partial charge in [-0.3, -0.25) is 4.79 Å². The SMILES string of the molecule is CSC1CCC(NC(=O)c2ccc(N)nc2)C1. The molecule has 0 aliphatic heterocycles. The Morgan fingerprint density at radius 3 is 2.94 bits per heavy atom. The standard InChI is InChI=1S/C12H17N3OS/c1-17-10-4-3-9(6-10)15-12(16)8-2-5-11(13)14-7-8/h2,5,7,9-10H,3-4,6H2,1H3,(H2,13,14)(H,15,16). The van der Waals surface area contributed by atoms with Crippen molar-refractivity contribution in [1.29, 1.82) is 0 Å². The topological polar surface area (TPSA) is 68.0 Å². The van der Waals surface area contributed by atoms with Crippen LogP contribution in [0.2, 0.25) is 0 Å². The summed E-state index contributed by atoms with van der Waals surface area (Å²) < 4.78 is 0. The van der Waals surface area contributed by atoms with Gasteiger partial charge in [0.2, 0.25) is 0 Å². The fraction of sp³-hybridized carbons (Fsp3) is 0.500. The van der Waals surface area contributed by atoms with Crippen LogP contribution in [0.4, 0.5) is 5.82 Å². The quantitative estimate of drug-likeness (QED) is 0.857. The summed E-state index contributed by atoms with van der Waals surface area (Å²) >= 11 is 1.88. The molecule has 1 amide bonds. The molecule has 4 nitrogen and oxygen atoms in total. The molecule has 2 atom stereocenters. The molecule has 0 radical (unpaired) electrons. The minimum atomic E-state index is -0.0516. The number of hydrogen-bond acceptors (Lipinski definition) is 4. The average molecular weight is 251 g/mol. The van der Waals surface area contributed by atoms with E-state index in [2.05, 4.69) is 16.6 Å². The summed E-state index contributed by atoms with van der Waals surface area (Å²) in [4.78, 5) is 15.8. The zero-order valence-electron chi connectivity index (χ0n) is 9.85. The number of pyridine rings is 1. The number of nitrogens with zero attached hydrogens (tertiary/aromatic N) is 1. The highest BCUT2D eigenvalue weighted by molar-refractivity contribution is 7.99. The van der Waals surface area contributed by atoms with Crippen LogP contribution < -0.4 is 11.1 Å². The van der Waals surface area contributed by atoms with E-state index in [4.69, 9.17) is 5.73 Å². The van der Waals surface area contributed by atoms with Gasteiger partial charge in [-0.1, -0.05) is 0 Å². The van der Waals surface area contributed by atoms with E-state index in [1.165, 1.54) is 12.6 Å². The first-order valence-corrected chi connectivity index (χ1v) is 7.03.